The van der Waals surface area contributed by atoms with Crippen LogP contribution in [-0.2, 0) is 0 Å². The lowest BCUT2D eigenvalue weighted by molar-refractivity contribution is 0.416. The molecule has 1 aliphatic heterocycles. The molecule has 2 aromatic carbocycles. The maximum atomic E-state index is 14.3. The molecule has 23 heavy (non-hydrogen) atoms. The van der Waals surface area contributed by atoms with E-state index in [1.54, 1.807) is 10.7 Å². The third kappa shape index (κ3) is 2.48. The lowest BCUT2D eigenvalue weighted by Gasteiger charge is -2.32. The van der Waals surface area contributed by atoms with Crippen LogP contribution in [0.1, 0.15) is 35.2 Å². The summed E-state index contributed by atoms with van der Waals surface area (Å²) in [5.41, 5.74) is 3.04. The van der Waals surface area contributed by atoms with Gasteiger partial charge in [-0.2, -0.15) is 10.1 Å². The number of hydrogen-bond donors (Lipinski definition) is 1. The van der Waals surface area contributed by atoms with Crippen LogP contribution in [0.15, 0.2) is 54.9 Å². The van der Waals surface area contributed by atoms with E-state index in [9.17, 15) is 4.39 Å². The summed E-state index contributed by atoms with van der Waals surface area (Å²) in [7, 11) is 0. The first-order chi connectivity index (χ1) is 11.2. The standard InChI is InChI=1S/C18H17FN4/c1-12-6-8-13(9-7-12)16-10-17(14-4-2-3-5-15(14)19)23-18(22-16)20-11-21-23/h2-9,11,16-17H,10H2,1H3,(H,20,21,22). The maximum Gasteiger partial charge on any atom is 0.222 e. The molecule has 0 amide bonds. The Hall–Kier alpha value is -2.69. The average Bonchev–Trinajstić information content (AvgIpc) is 3.04. The van der Waals surface area contributed by atoms with Gasteiger partial charge in [0.25, 0.3) is 0 Å². The van der Waals surface area contributed by atoms with Crippen LogP contribution in [-0.4, -0.2) is 14.8 Å². The van der Waals surface area contributed by atoms with Crippen molar-refractivity contribution in [3.63, 3.8) is 0 Å². The number of aromatic nitrogens is 3. The number of halogens is 1. The van der Waals surface area contributed by atoms with Crippen molar-refractivity contribution < 1.29 is 4.39 Å². The van der Waals surface area contributed by atoms with Crippen LogP contribution < -0.4 is 5.32 Å². The molecule has 5 heteroatoms. The third-order valence-corrected chi connectivity index (χ3v) is 4.37. The van der Waals surface area contributed by atoms with E-state index in [-0.39, 0.29) is 17.9 Å². The van der Waals surface area contributed by atoms with E-state index in [1.165, 1.54) is 23.5 Å². The molecule has 2 heterocycles. The molecule has 0 fully saturated rings. The van der Waals surface area contributed by atoms with Crippen LogP contribution in [0.4, 0.5) is 10.3 Å². The van der Waals surface area contributed by atoms with Crippen molar-refractivity contribution in [2.45, 2.75) is 25.4 Å². The highest BCUT2D eigenvalue weighted by Gasteiger charge is 2.31. The number of rotatable bonds is 2. The van der Waals surface area contributed by atoms with E-state index >= 15 is 0 Å². The average molecular weight is 308 g/mol. The van der Waals surface area contributed by atoms with Gasteiger partial charge >= 0.3 is 0 Å². The predicted molar refractivity (Wildman–Crippen MR) is 86.7 cm³/mol. The van der Waals surface area contributed by atoms with Crippen LogP contribution in [0.2, 0.25) is 0 Å². The first-order valence-corrected chi connectivity index (χ1v) is 7.69. The Kier molecular flexibility index (Phi) is 3.33. The van der Waals surface area contributed by atoms with Gasteiger partial charge in [0.05, 0.1) is 12.1 Å². The van der Waals surface area contributed by atoms with Gasteiger partial charge in [0.2, 0.25) is 5.95 Å². The van der Waals surface area contributed by atoms with Crippen molar-refractivity contribution in [2.24, 2.45) is 0 Å². The molecule has 0 bridgehead atoms. The molecule has 2 unspecified atom stereocenters. The molecule has 116 valence electrons. The van der Waals surface area contributed by atoms with E-state index in [2.05, 4.69) is 46.6 Å². The summed E-state index contributed by atoms with van der Waals surface area (Å²) >= 11 is 0. The van der Waals surface area contributed by atoms with Gasteiger partial charge in [-0.1, -0.05) is 48.0 Å². The number of benzene rings is 2. The minimum absolute atomic E-state index is 0.0805. The number of hydrogen-bond acceptors (Lipinski definition) is 3. The SMILES string of the molecule is Cc1ccc(C2CC(c3ccccc3F)n3ncnc3N2)cc1. The summed E-state index contributed by atoms with van der Waals surface area (Å²) < 4.78 is 16.0. The van der Waals surface area contributed by atoms with Crippen LogP contribution in [0, 0.1) is 12.7 Å². The van der Waals surface area contributed by atoms with Crippen molar-refractivity contribution in [3.8, 4) is 0 Å². The summed E-state index contributed by atoms with van der Waals surface area (Å²) in [5.74, 6) is 0.471. The van der Waals surface area contributed by atoms with Gasteiger partial charge in [-0.15, -0.1) is 0 Å². The first-order valence-electron chi connectivity index (χ1n) is 7.69. The smallest absolute Gasteiger partial charge is 0.222 e. The summed E-state index contributed by atoms with van der Waals surface area (Å²) in [5, 5.41) is 7.67. The lowest BCUT2D eigenvalue weighted by Crippen LogP contribution is -2.28. The van der Waals surface area contributed by atoms with Gasteiger partial charge in [-0.25, -0.2) is 9.07 Å². The fraction of sp³-hybridized carbons (Fsp3) is 0.222. The highest BCUT2D eigenvalue weighted by molar-refractivity contribution is 5.38. The van der Waals surface area contributed by atoms with Crippen molar-refractivity contribution in [2.75, 3.05) is 5.32 Å². The largest absolute Gasteiger partial charge is 0.348 e. The number of anilines is 1. The molecule has 2 atom stereocenters. The zero-order chi connectivity index (χ0) is 15.8. The van der Waals surface area contributed by atoms with Gasteiger partial charge in [0, 0.05) is 5.56 Å². The number of nitrogens with one attached hydrogen (secondary N) is 1. The van der Waals surface area contributed by atoms with E-state index in [0.717, 1.165) is 6.42 Å². The van der Waals surface area contributed by atoms with Crippen LogP contribution in [0.25, 0.3) is 0 Å². The molecule has 4 rings (SSSR count). The molecule has 0 aliphatic carbocycles. The van der Waals surface area contributed by atoms with E-state index in [0.29, 0.717) is 11.5 Å². The molecule has 1 aliphatic rings. The predicted octanol–water partition coefficient (Wildman–Crippen LogP) is 3.87. The van der Waals surface area contributed by atoms with E-state index in [4.69, 9.17) is 0 Å². The molecule has 0 saturated carbocycles. The molecule has 1 aromatic heterocycles. The van der Waals surface area contributed by atoms with Crippen molar-refractivity contribution in [1.82, 2.24) is 14.8 Å². The van der Waals surface area contributed by atoms with Crippen molar-refractivity contribution in [3.05, 3.63) is 77.4 Å². The van der Waals surface area contributed by atoms with Gasteiger partial charge in [-0.3, -0.25) is 0 Å². The second-order valence-electron chi connectivity index (χ2n) is 5.91. The Morgan fingerprint density at radius 3 is 2.70 bits per heavy atom. The minimum Gasteiger partial charge on any atom is -0.348 e. The fourth-order valence-electron chi connectivity index (χ4n) is 3.14. The lowest BCUT2D eigenvalue weighted by atomic mass is 9.93. The van der Waals surface area contributed by atoms with Crippen LogP contribution >= 0.6 is 0 Å². The van der Waals surface area contributed by atoms with Crippen LogP contribution in [0.3, 0.4) is 0 Å². The number of aryl methyl sites for hydroxylation is 1. The number of nitrogens with zero attached hydrogens (tertiary/aromatic N) is 3. The second kappa shape index (κ2) is 5.50. The van der Waals surface area contributed by atoms with Crippen molar-refractivity contribution >= 4 is 5.95 Å². The van der Waals surface area contributed by atoms with E-state index in [1.807, 2.05) is 12.1 Å². The summed E-state index contributed by atoms with van der Waals surface area (Å²) in [4.78, 5) is 4.27. The minimum atomic E-state index is -0.205. The fourth-order valence-corrected chi connectivity index (χ4v) is 3.14. The normalized spacial score (nSPS) is 19.9. The van der Waals surface area contributed by atoms with Crippen LogP contribution in [0.5, 0.6) is 0 Å². The third-order valence-electron chi connectivity index (χ3n) is 4.37. The second-order valence-corrected chi connectivity index (χ2v) is 5.91. The summed E-state index contributed by atoms with van der Waals surface area (Å²) in [6.45, 7) is 2.07. The quantitative estimate of drug-likeness (QED) is 0.781. The van der Waals surface area contributed by atoms with E-state index < -0.39 is 0 Å². The van der Waals surface area contributed by atoms with Gasteiger partial charge in [0.1, 0.15) is 12.1 Å². The molecule has 1 N–H and O–H groups in total. The maximum absolute atomic E-state index is 14.3. The molecule has 0 saturated heterocycles. The zero-order valence-corrected chi connectivity index (χ0v) is 12.8. The highest BCUT2D eigenvalue weighted by atomic mass is 19.1. The molecule has 0 radical (unpaired) electrons. The molecule has 0 spiro atoms. The van der Waals surface area contributed by atoms with Gasteiger partial charge < -0.3 is 5.32 Å². The van der Waals surface area contributed by atoms with Gasteiger partial charge in [0.15, 0.2) is 0 Å². The Labute approximate surface area is 134 Å². The summed E-state index contributed by atoms with van der Waals surface area (Å²) in [6, 6.07) is 15.2. The Morgan fingerprint density at radius 2 is 1.91 bits per heavy atom. The first kappa shape index (κ1) is 13.9. The monoisotopic (exact) mass is 308 g/mol. The highest BCUT2D eigenvalue weighted by Crippen LogP contribution is 2.37. The Bertz CT molecular complexity index is 825. The Morgan fingerprint density at radius 1 is 1.13 bits per heavy atom. The molecular weight excluding hydrogens is 291 g/mol. The van der Waals surface area contributed by atoms with Gasteiger partial charge in [-0.05, 0) is 25.0 Å². The topological polar surface area (TPSA) is 42.7 Å². The number of fused-ring (bicyclic) bond motifs is 1. The molecule has 3 aromatic rings. The van der Waals surface area contributed by atoms with Crippen molar-refractivity contribution in [1.29, 1.82) is 0 Å². The zero-order valence-electron chi connectivity index (χ0n) is 12.8. The molecular formula is C18H17FN4. The molecule has 4 nitrogen and oxygen atoms in total. The summed E-state index contributed by atoms with van der Waals surface area (Å²) in [6.07, 6.45) is 2.23. The Balaban J connectivity index is 1.75.